The zero-order chi connectivity index (χ0) is 30.5. The number of isothiocyanates is 1. The van der Waals surface area contributed by atoms with E-state index in [0.717, 1.165) is 9.80 Å². The van der Waals surface area contributed by atoms with Gasteiger partial charge >= 0.3 is 28.7 Å². The molecule has 0 N–H and O–H groups in total. The van der Waals surface area contributed by atoms with Crippen LogP contribution in [0, 0.1) is 0 Å². The van der Waals surface area contributed by atoms with Crippen LogP contribution in [0.1, 0.15) is 34.1 Å². The van der Waals surface area contributed by atoms with Gasteiger partial charge in [0.2, 0.25) is 0 Å². The van der Waals surface area contributed by atoms with Crippen molar-refractivity contribution in [2.45, 2.75) is 50.2 Å². The summed E-state index contributed by atoms with van der Waals surface area (Å²) in [5.74, 6) is -7.70. The maximum absolute atomic E-state index is 11.8. The summed E-state index contributed by atoms with van der Waals surface area (Å²) in [5, 5.41) is 59.9. The number of aliphatic carboxylic acids is 5. The van der Waals surface area contributed by atoms with Crippen molar-refractivity contribution in [3.05, 3.63) is 29.8 Å². The monoisotopic (exact) mass is 702 g/mol. The summed E-state index contributed by atoms with van der Waals surface area (Å²) in [4.78, 5) is 65.2. The van der Waals surface area contributed by atoms with E-state index in [4.69, 9.17) is 0 Å². The van der Waals surface area contributed by atoms with Crippen LogP contribution >= 0.6 is 12.2 Å². The molecule has 0 unspecified atom stereocenters. The molecule has 0 saturated heterocycles. The molecule has 3 atom stereocenters. The first-order valence-corrected chi connectivity index (χ1v) is 13.2. The van der Waals surface area contributed by atoms with Crippen molar-refractivity contribution in [2.24, 2.45) is 4.99 Å². The predicted octanol–water partition coefficient (Wildman–Crippen LogP) is -5.86. The number of rotatable bonds is 18. The van der Waals surface area contributed by atoms with Crippen LogP contribution in [0.2, 0.25) is 0 Å². The van der Waals surface area contributed by atoms with Crippen molar-refractivity contribution in [1.82, 2.24) is 14.7 Å². The Kier molecular flexibility index (Phi) is 16.5. The van der Waals surface area contributed by atoms with Gasteiger partial charge < -0.3 is 49.5 Å². The summed E-state index contributed by atoms with van der Waals surface area (Å²) in [6, 6.07) is 4.19. The molecule has 0 aliphatic heterocycles. The molecule has 0 heterocycles. The third-order valence-electron chi connectivity index (χ3n) is 6.84. The second kappa shape index (κ2) is 18.6. The third-order valence-corrected chi connectivity index (χ3v) is 6.93. The molecule has 1 saturated carbocycles. The van der Waals surface area contributed by atoms with Crippen molar-refractivity contribution in [3.63, 3.8) is 0 Å². The summed E-state index contributed by atoms with van der Waals surface area (Å²) in [6.07, 6.45) is 1.97. The number of carboxylic acids is 5. The fraction of sp³-hybridized carbons (Fsp3) is 0.538. The Labute approximate surface area is 269 Å². The molecule has 224 valence electrons. The Morgan fingerprint density at radius 2 is 1.21 bits per heavy atom. The summed E-state index contributed by atoms with van der Waals surface area (Å²) < 4.78 is 0. The van der Waals surface area contributed by atoms with Crippen LogP contribution in [-0.4, -0.2) is 133 Å². The van der Waals surface area contributed by atoms with Gasteiger partial charge in [0.25, 0.3) is 0 Å². The van der Waals surface area contributed by atoms with Gasteiger partial charge in [-0.3, -0.25) is 14.7 Å². The SMILES string of the molecule is O=C([O-])CN(CC(=O)[O-])[C@H](Cc1ccc(N=C=S)cc1)CN(CC(=O)[O-])[C@H]1CCCC[C@@H]1N(CC(=O)[O-])CC(=O)[O-].[111In+3].[H+].[H+]. The zero-order valence-electron chi connectivity index (χ0n) is 24.7. The molecule has 1 aliphatic carbocycles. The number of benzene rings is 1. The number of carboxylic acid groups (broad SMARTS) is 5. The molecule has 1 aromatic carbocycles. The minimum Gasteiger partial charge on any atom is -0.549 e. The Bertz CT molecular complexity index is 1130. The first kappa shape index (κ1) is 37.1. The van der Waals surface area contributed by atoms with Gasteiger partial charge in [0, 0.05) is 57.4 Å². The Morgan fingerprint density at radius 3 is 1.64 bits per heavy atom. The number of thiocarbonyl (C=S) groups is 1. The molecule has 14 nitrogen and oxygen atoms in total. The van der Waals surface area contributed by atoms with Gasteiger partial charge in [-0.1, -0.05) is 25.0 Å². The van der Waals surface area contributed by atoms with E-state index in [0.29, 0.717) is 36.9 Å². The Hall–Kier alpha value is -2.88. The first-order valence-electron chi connectivity index (χ1n) is 12.8. The molecule has 1 fully saturated rings. The smallest absolute Gasteiger partial charge is 0.549 e. The molecule has 2 rings (SSSR count). The van der Waals surface area contributed by atoms with E-state index in [1.165, 1.54) is 4.90 Å². The number of aliphatic imine (C=N–C) groups is 1. The second-order valence-corrected chi connectivity index (χ2v) is 9.93. The van der Waals surface area contributed by atoms with Crippen LogP contribution in [0.15, 0.2) is 29.3 Å². The number of nitrogens with zero attached hydrogens (tertiary/aromatic N) is 4. The molecular weight excluding hydrogens is 671 g/mol. The van der Waals surface area contributed by atoms with Gasteiger partial charge in [0.15, 0.2) is 0 Å². The van der Waals surface area contributed by atoms with Gasteiger partial charge in [-0.2, -0.15) is 4.99 Å². The zero-order valence-corrected chi connectivity index (χ0v) is 26.8. The largest absolute Gasteiger partial charge is 3.00 e. The van der Waals surface area contributed by atoms with E-state index in [1.54, 1.807) is 24.3 Å². The topological polar surface area (TPSA) is 223 Å². The molecule has 1 aliphatic rings. The van der Waals surface area contributed by atoms with Gasteiger partial charge in [0.05, 0.1) is 40.7 Å². The number of carbonyl (C=O) groups excluding carboxylic acids is 5. The van der Waals surface area contributed by atoms with E-state index in [2.05, 4.69) is 22.4 Å². The average Bonchev–Trinajstić information content (AvgIpc) is 2.87. The predicted molar refractivity (Wildman–Crippen MR) is 142 cm³/mol. The second-order valence-electron chi connectivity index (χ2n) is 9.75. The van der Waals surface area contributed by atoms with Gasteiger partial charge in [0.1, 0.15) is 0 Å². The number of hydrogen-bond acceptors (Lipinski definition) is 15. The van der Waals surface area contributed by atoms with Gasteiger partial charge in [-0.05, 0) is 49.2 Å². The summed E-state index contributed by atoms with van der Waals surface area (Å²) in [6.45, 7) is -3.96. The Morgan fingerprint density at radius 1 is 0.786 bits per heavy atom. The van der Waals surface area contributed by atoms with Gasteiger partial charge in [-0.25, -0.2) is 0 Å². The van der Waals surface area contributed by atoms with Crippen LogP contribution in [-0.2, 0) is 30.4 Å². The molecule has 16 heteroatoms. The van der Waals surface area contributed by atoms with Crippen LogP contribution in [0.4, 0.5) is 5.69 Å². The minimum absolute atomic E-state index is 0. The van der Waals surface area contributed by atoms with Crippen molar-refractivity contribution in [1.29, 1.82) is 0 Å². The van der Waals surface area contributed by atoms with E-state index < -0.39 is 80.7 Å². The molecule has 0 amide bonds. The maximum atomic E-state index is 11.8. The van der Waals surface area contributed by atoms with E-state index in [1.807, 2.05) is 0 Å². The van der Waals surface area contributed by atoms with E-state index in [9.17, 15) is 49.5 Å². The van der Waals surface area contributed by atoms with E-state index in [-0.39, 0.29) is 41.7 Å². The molecular formula is C26H31InN4O10S. The number of hydrogen-bond donors (Lipinski definition) is 0. The standard InChI is InChI=1S/C26H34N4O10S.In/c31-22(32)11-28(12-23(33)34)19(9-17-5-7-18(8-6-17)27-16-41)10-29(13-24(35)36)20-3-1-2-4-21(20)30(14-25(37)38)15-26(39)40;/h5-8,19-21H,1-4,9-15H2,(H,31,32)(H,33,34)(H,35,36)(H,37,38)(H,39,40);/q;+3/p-3/t19-,20+,21+;/m1./s1/i;1-4. The van der Waals surface area contributed by atoms with Crippen molar-refractivity contribution >= 4 is 78.8 Å². The van der Waals surface area contributed by atoms with Crippen LogP contribution in [0.3, 0.4) is 0 Å². The van der Waals surface area contributed by atoms with Crippen molar-refractivity contribution < 1.29 is 52.4 Å². The third kappa shape index (κ3) is 13.0. The van der Waals surface area contributed by atoms with E-state index >= 15 is 0 Å². The fourth-order valence-electron chi connectivity index (χ4n) is 5.31. The molecule has 0 aromatic heterocycles. The van der Waals surface area contributed by atoms with Gasteiger partial charge in [-0.15, -0.1) is 0 Å². The van der Waals surface area contributed by atoms with Crippen molar-refractivity contribution in [3.8, 4) is 0 Å². The van der Waals surface area contributed by atoms with Crippen molar-refractivity contribution in [2.75, 3.05) is 39.3 Å². The summed E-state index contributed by atoms with van der Waals surface area (Å²) in [5.41, 5.74) is 1.12. The Balaban J connectivity index is 0. The maximum Gasteiger partial charge on any atom is 3.00 e. The van der Waals surface area contributed by atoms with Crippen LogP contribution in [0.5, 0.6) is 0 Å². The minimum atomic E-state index is -1.57. The summed E-state index contributed by atoms with van der Waals surface area (Å²) >= 11 is 4.59. The summed E-state index contributed by atoms with van der Waals surface area (Å²) in [7, 11) is 0. The van der Waals surface area contributed by atoms with Crippen LogP contribution < -0.4 is 25.5 Å². The quantitative estimate of drug-likeness (QED) is 0.103. The fourth-order valence-corrected chi connectivity index (χ4v) is 5.41. The molecule has 0 bridgehead atoms. The van der Waals surface area contributed by atoms with Crippen LogP contribution in [0.25, 0.3) is 0 Å². The number of carbonyl (C=O) groups is 5. The molecule has 0 radical (unpaired) electrons. The first-order chi connectivity index (χ1) is 19.4. The molecule has 42 heavy (non-hydrogen) atoms. The normalized spacial score (nSPS) is 17.2. The molecule has 0 spiro atoms. The average molecular weight is 703 g/mol. The molecule has 1 aromatic rings.